The number of aryl methyl sites for hydroxylation is 1. The number of Topliss-reactive ketones (excluding diaryl/α,β-unsaturated/α-hetero) is 1. The second-order valence-corrected chi connectivity index (χ2v) is 5.68. The Balaban J connectivity index is 1.79. The molecule has 0 unspecified atom stereocenters. The van der Waals surface area contributed by atoms with Crippen LogP contribution in [0.15, 0.2) is 53.7 Å². The minimum absolute atomic E-state index is 0.0187. The van der Waals surface area contributed by atoms with Crippen molar-refractivity contribution in [3.05, 3.63) is 54.1 Å². The Labute approximate surface area is 127 Å². The van der Waals surface area contributed by atoms with Crippen LogP contribution in [0.5, 0.6) is 0 Å². The van der Waals surface area contributed by atoms with Crippen molar-refractivity contribution in [2.75, 3.05) is 11.5 Å². The second kappa shape index (κ2) is 5.61. The first kappa shape index (κ1) is 13.7. The molecule has 0 aliphatic carbocycles. The number of nitrogens with two attached hydrogens (primary N) is 1. The monoisotopic (exact) mass is 297 g/mol. The maximum atomic E-state index is 12.2. The Bertz CT molecular complexity index is 810. The number of hydrogen-bond donors (Lipinski definition) is 1. The summed E-state index contributed by atoms with van der Waals surface area (Å²) in [7, 11) is 1.96. The molecule has 0 aliphatic rings. The van der Waals surface area contributed by atoms with Crippen LogP contribution in [0.1, 0.15) is 10.4 Å². The highest BCUT2D eigenvalue weighted by Crippen LogP contribution is 2.24. The quantitative estimate of drug-likeness (QED) is 0.456. The molecule has 1 aromatic heterocycles. The third kappa shape index (κ3) is 2.64. The number of nitrogens with zero attached hydrogens (tertiary/aromatic N) is 2. The van der Waals surface area contributed by atoms with E-state index in [2.05, 4.69) is 4.98 Å². The molecule has 0 atom stereocenters. The van der Waals surface area contributed by atoms with Crippen molar-refractivity contribution < 1.29 is 4.79 Å². The maximum Gasteiger partial charge on any atom is 0.175 e. The number of nitrogen functional groups attached to an aromatic ring is 1. The van der Waals surface area contributed by atoms with Crippen molar-refractivity contribution in [3.8, 4) is 0 Å². The number of carbonyl (C=O) groups excluding carboxylic acids is 1. The lowest BCUT2D eigenvalue weighted by Crippen LogP contribution is -2.06. The summed E-state index contributed by atoms with van der Waals surface area (Å²) in [5.74, 6) is 0.343. The number of anilines is 1. The summed E-state index contributed by atoms with van der Waals surface area (Å²) >= 11 is 1.43. The Morgan fingerprint density at radius 2 is 1.90 bits per heavy atom. The molecule has 0 fully saturated rings. The zero-order valence-electron chi connectivity index (χ0n) is 11.6. The number of rotatable bonds is 4. The van der Waals surface area contributed by atoms with Gasteiger partial charge in [-0.15, -0.1) is 0 Å². The molecule has 0 saturated carbocycles. The Kier molecular flexibility index (Phi) is 3.66. The topological polar surface area (TPSA) is 60.9 Å². The molecule has 2 aromatic carbocycles. The van der Waals surface area contributed by atoms with Gasteiger partial charge < -0.3 is 10.3 Å². The average Bonchev–Trinajstić information content (AvgIpc) is 2.82. The number of thioether (sulfide) groups is 1. The molecule has 0 amide bonds. The zero-order chi connectivity index (χ0) is 14.8. The predicted octanol–water partition coefficient (Wildman–Crippen LogP) is 3.13. The minimum Gasteiger partial charge on any atom is -0.398 e. The van der Waals surface area contributed by atoms with Gasteiger partial charge in [0.1, 0.15) is 0 Å². The van der Waals surface area contributed by atoms with Crippen LogP contribution in [-0.4, -0.2) is 21.1 Å². The number of hydrogen-bond acceptors (Lipinski definition) is 4. The van der Waals surface area contributed by atoms with E-state index in [0.717, 1.165) is 16.2 Å². The van der Waals surface area contributed by atoms with E-state index in [1.54, 1.807) is 12.1 Å². The lowest BCUT2D eigenvalue weighted by Gasteiger charge is -2.04. The number of ketones is 1. The van der Waals surface area contributed by atoms with Crippen LogP contribution < -0.4 is 5.73 Å². The van der Waals surface area contributed by atoms with Gasteiger partial charge in [0, 0.05) is 18.3 Å². The summed E-state index contributed by atoms with van der Waals surface area (Å²) in [5, 5.41) is 0.832. The van der Waals surface area contributed by atoms with E-state index in [1.807, 2.05) is 48.0 Å². The van der Waals surface area contributed by atoms with Gasteiger partial charge in [0.2, 0.25) is 0 Å². The molecule has 3 rings (SSSR count). The lowest BCUT2D eigenvalue weighted by atomic mass is 10.1. The molecule has 106 valence electrons. The number of fused-ring (bicyclic) bond motifs is 1. The van der Waals surface area contributed by atoms with Crippen LogP contribution in [0.2, 0.25) is 0 Å². The first-order chi connectivity index (χ1) is 10.2. The van der Waals surface area contributed by atoms with E-state index in [4.69, 9.17) is 5.73 Å². The van der Waals surface area contributed by atoms with E-state index in [0.29, 0.717) is 17.0 Å². The van der Waals surface area contributed by atoms with Gasteiger partial charge in [0.25, 0.3) is 0 Å². The van der Waals surface area contributed by atoms with Gasteiger partial charge in [-0.2, -0.15) is 0 Å². The van der Waals surface area contributed by atoms with Crippen molar-refractivity contribution in [1.82, 2.24) is 9.55 Å². The first-order valence-electron chi connectivity index (χ1n) is 6.59. The molecule has 0 saturated heterocycles. The van der Waals surface area contributed by atoms with Crippen LogP contribution in [0.3, 0.4) is 0 Å². The van der Waals surface area contributed by atoms with Gasteiger partial charge in [-0.05, 0) is 24.3 Å². The molecule has 0 radical (unpaired) electrons. The third-order valence-electron chi connectivity index (χ3n) is 3.34. The van der Waals surface area contributed by atoms with Crippen LogP contribution in [0, 0.1) is 0 Å². The second-order valence-electron chi connectivity index (χ2n) is 4.74. The highest BCUT2D eigenvalue weighted by atomic mass is 32.2. The Morgan fingerprint density at radius 3 is 2.67 bits per heavy atom. The lowest BCUT2D eigenvalue weighted by molar-refractivity contribution is 0.102. The van der Waals surface area contributed by atoms with Crippen molar-refractivity contribution in [3.63, 3.8) is 0 Å². The molecule has 0 spiro atoms. The molecular formula is C16H15N3OS. The van der Waals surface area contributed by atoms with Crippen LogP contribution in [0.25, 0.3) is 11.0 Å². The molecule has 0 bridgehead atoms. The molecule has 21 heavy (non-hydrogen) atoms. The van der Waals surface area contributed by atoms with Gasteiger partial charge in [-0.1, -0.05) is 36.0 Å². The average molecular weight is 297 g/mol. The van der Waals surface area contributed by atoms with Gasteiger partial charge >= 0.3 is 0 Å². The fourth-order valence-electron chi connectivity index (χ4n) is 2.21. The highest BCUT2D eigenvalue weighted by molar-refractivity contribution is 7.99. The fourth-order valence-corrected chi connectivity index (χ4v) is 3.08. The number of benzene rings is 2. The molecule has 0 aliphatic heterocycles. The smallest absolute Gasteiger partial charge is 0.175 e. The fraction of sp³-hybridized carbons (Fsp3) is 0.125. The minimum atomic E-state index is 0.0187. The van der Waals surface area contributed by atoms with Crippen molar-refractivity contribution in [2.24, 2.45) is 7.05 Å². The van der Waals surface area contributed by atoms with Gasteiger partial charge in [0.15, 0.2) is 10.9 Å². The maximum absolute atomic E-state index is 12.2. The molecule has 4 nitrogen and oxygen atoms in total. The molecule has 3 aromatic rings. The normalized spacial score (nSPS) is 10.9. The van der Waals surface area contributed by atoms with E-state index < -0.39 is 0 Å². The summed E-state index contributed by atoms with van der Waals surface area (Å²) in [4.78, 5) is 16.8. The Hall–Kier alpha value is -2.27. The summed E-state index contributed by atoms with van der Waals surface area (Å²) < 4.78 is 2.00. The molecule has 2 N–H and O–H groups in total. The molecular weight excluding hydrogens is 282 g/mol. The number of imidazole rings is 1. The third-order valence-corrected chi connectivity index (χ3v) is 4.37. The van der Waals surface area contributed by atoms with Crippen molar-refractivity contribution >= 4 is 34.3 Å². The van der Waals surface area contributed by atoms with Crippen LogP contribution >= 0.6 is 11.8 Å². The summed E-state index contributed by atoms with van der Waals surface area (Å²) in [6.45, 7) is 0. The SMILES string of the molecule is Cn1c(SCC(=O)c2ccccc2N)nc2ccccc21. The Morgan fingerprint density at radius 1 is 1.19 bits per heavy atom. The zero-order valence-corrected chi connectivity index (χ0v) is 12.4. The predicted molar refractivity (Wildman–Crippen MR) is 86.6 cm³/mol. The summed E-state index contributed by atoms with van der Waals surface area (Å²) in [5.41, 5.74) is 8.93. The number of aromatic nitrogens is 2. The van der Waals surface area contributed by atoms with Crippen molar-refractivity contribution in [1.29, 1.82) is 0 Å². The summed E-state index contributed by atoms with van der Waals surface area (Å²) in [6.07, 6.45) is 0. The van der Waals surface area contributed by atoms with Crippen molar-refractivity contribution in [2.45, 2.75) is 5.16 Å². The van der Waals surface area contributed by atoms with E-state index >= 15 is 0 Å². The van der Waals surface area contributed by atoms with Gasteiger partial charge in [-0.3, -0.25) is 4.79 Å². The van der Waals surface area contributed by atoms with E-state index in [-0.39, 0.29) is 5.78 Å². The van der Waals surface area contributed by atoms with Gasteiger partial charge in [0.05, 0.1) is 16.8 Å². The largest absolute Gasteiger partial charge is 0.398 e. The number of para-hydroxylation sites is 3. The van der Waals surface area contributed by atoms with E-state index in [1.165, 1.54) is 11.8 Å². The van der Waals surface area contributed by atoms with Gasteiger partial charge in [-0.25, -0.2) is 4.98 Å². The first-order valence-corrected chi connectivity index (χ1v) is 7.57. The highest BCUT2D eigenvalue weighted by Gasteiger charge is 2.13. The molecule has 5 heteroatoms. The molecule has 1 heterocycles. The summed E-state index contributed by atoms with van der Waals surface area (Å²) in [6, 6.07) is 15.1. The van der Waals surface area contributed by atoms with Crippen LogP contribution in [-0.2, 0) is 7.05 Å². The van der Waals surface area contributed by atoms with Crippen LogP contribution in [0.4, 0.5) is 5.69 Å². The standard InChI is InChI=1S/C16H15N3OS/c1-19-14-9-5-4-8-13(14)18-16(19)21-10-15(20)11-6-2-3-7-12(11)17/h2-9H,10,17H2,1H3. The van der Waals surface area contributed by atoms with E-state index in [9.17, 15) is 4.79 Å². The number of carbonyl (C=O) groups is 1.